The summed E-state index contributed by atoms with van der Waals surface area (Å²) in [5, 5.41) is 212. The molecule has 0 radical (unpaired) electrons. The van der Waals surface area contributed by atoms with Gasteiger partial charge in [0.05, 0.1) is 19.8 Å². The highest BCUT2D eigenvalue weighted by Crippen LogP contribution is 2.34. The van der Waals surface area contributed by atoms with Gasteiger partial charge in [0.1, 0.15) is 85.5 Å². The van der Waals surface area contributed by atoms with Crippen LogP contribution in [0.15, 0.2) is 34.7 Å². The highest BCUT2D eigenvalue weighted by molar-refractivity contribution is 5.11. The fourth-order valence-electron chi connectivity index (χ4n) is 6.96. The van der Waals surface area contributed by atoms with Crippen LogP contribution in [-0.4, -0.2) is 265 Å². The molecule has 372 valence electrons. The van der Waals surface area contributed by atoms with Crippen molar-refractivity contribution >= 4 is 0 Å². The monoisotopic (exact) mass is 942 g/mol. The van der Waals surface area contributed by atoms with Crippen molar-refractivity contribution in [3.63, 3.8) is 0 Å². The first-order valence-corrected chi connectivity index (χ1v) is 19.7. The summed E-state index contributed by atoms with van der Waals surface area (Å²) in [4.78, 5) is 0. The van der Waals surface area contributed by atoms with Crippen LogP contribution in [0.1, 0.15) is 19.3 Å². The Morgan fingerprint density at radius 1 is 0.328 bits per heavy atom. The van der Waals surface area contributed by atoms with Gasteiger partial charge in [0.15, 0.2) is 48.0 Å². The molecule has 20 N–H and O–H groups in total. The number of fused-ring (bicyclic) bond motifs is 1. The predicted molar refractivity (Wildman–Crippen MR) is 196 cm³/mol. The second-order valence-electron chi connectivity index (χ2n) is 14.8. The predicted octanol–water partition coefficient (Wildman–Crippen LogP) is -7.65. The summed E-state index contributed by atoms with van der Waals surface area (Å²) in [5.74, 6) is -8.59. The molecule has 8 aliphatic rings. The summed E-state index contributed by atoms with van der Waals surface area (Å²) in [6.07, 6.45) is -44.1. The maximum atomic E-state index is 11.1. The molecule has 6 bridgehead atoms. The molecular formula is C35H58O29. The van der Waals surface area contributed by atoms with Crippen LogP contribution in [0.2, 0.25) is 0 Å². The first-order valence-electron chi connectivity index (χ1n) is 19.7. The van der Waals surface area contributed by atoms with E-state index in [-0.39, 0.29) is 0 Å². The Kier molecular flexibility index (Phi) is 20.2. The van der Waals surface area contributed by atoms with Crippen LogP contribution < -0.4 is 0 Å². The van der Waals surface area contributed by atoms with E-state index < -0.39 is 217 Å². The molecule has 29 heteroatoms. The van der Waals surface area contributed by atoms with Crippen molar-refractivity contribution in [1.82, 2.24) is 0 Å². The Balaban J connectivity index is 1.78. The quantitative estimate of drug-likeness (QED) is 0.102. The Bertz CT molecular complexity index is 1540. The fraction of sp³-hybridized carbons (Fsp3) is 0.829. The van der Waals surface area contributed by atoms with Crippen LogP contribution in [0.5, 0.6) is 0 Å². The molecule has 3 saturated heterocycles. The molecule has 0 aliphatic carbocycles. The van der Waals surface area contributed by atoms with E-state index in [1.165, 1.54) is 0 Å². The van der Waals surface area contributed by atoms with Crippen molar-refractivity contribution in [2.75, 3.05) is 39.6 Å². The summed E-state index contributed by atoms with van der Waals surface area (Å²) in [6, 6.07) is 0. The van der Waals surface area contributed by atoms with E-state index in [0.29, 0.717) is 0 Å². The van der Waals surface area contributed by atoms with Gasteiger partial charge < -0.3 is 145 Å². The van der Waals surface area contributed by atoms with Gasteiger partial charge >= 0.3 is 5.95 Å². The largest absolute Gasteiger partial charge is 0.506 e. The molecule has 0 aromatic rings. The third kappa shape index (κ3) is 12.1. The van der Waals surface area contributed by atoms with E-state index >= 15 is 0 Å². The summed E-state index contributed by atoms with van der Waals surface area (Å²) in [5.41, 5.74) is 0. The van der Waals surface area contributed by atoms with Gasteiger partial charge in [0, 0.05) is 39.1 Å². The van der Waals surface area contributed by atoms with Crippen LogP contribution in [0.3, 0.4) is 0 Å². The Morgan fingerprint density at radius 2 is 0.656 bits per heavy atom. The van der Waals surface area contributed by atoms with Gasteiger partial charge in [-0.15, -0.1) is 0 Å². The van der Waals surface area contributed by atoms with Gasteiger partial charge in [-0.05, 0) is 0 Å². The minimum atomic E-state index is -2.70. The molecule has 0 aromatic carbocycles. The standard InChI is InChI=1S/C35H58O29/c36-4-1-10-16(42)23(49)32(55)63-28-13(7-39)59-34(24(50)19(28)45)58-12(3-6-38)18(44)30(53)62-27-14(8-40)61-35(26(52)20(27)46)64-29-15(9-41)60-33(25(51)21(29)47)57-11(2-5-37)17(43)22(48)31(54)56-10/h10-15,19-21,24-29,31-55H,1-9H2/b22-17-,23-16+,30-18+/t10-,11-,12-,13?,14?,15?,19?,20?,21?,24?,25?,26?,27-,28-,29-,31-,32-,33+,34+,35-/m1/s1. The van der Waals surface area contributed by atoms with Crippen molar-refractivity contribution in [3.05, 3.63) is 34.7 Å². The molecule has 0 spiro atoms. The van der Waals surface area contributed by atoms with Crippen LogP contribution in [-0.2, 0) is 42.6 Å². The van der Waals surface area contributed by atoms with E-state index in [1.54, 1.807) is 0 Å². The van der Waals surface area contributed by atoms with Crippen LogP contribution in [0, 0.1) is 0 Å². The first kappa shape index (κ1) is 53.6. The van der Waals surface area contributed by atoms with Crippen molar-refractivity contribution in [2.24, 2.45) is 0 Å². The molecule has 20 atom stereocenters. The Morgan fingerprint density at radius 3 is 1.06 bits per heavy atom. The SMILES string of the molecule is OCC[C@H]1O[C@H]2OC(CO)[C@@H](O[C@H]3OC(CO)[C@@H](O/C(O)=C(/O)[C@@H](CCO)O[C@H]4OC(CO)[C@@H](O[C@@H](O)/C(O)=C(\O)[C@@H](CCO)O[C@@H](O)/C(O)=C\1O)C(O)C4O)C(O)C3O)C(O)C2O. The Hall–Kier alpha value is -3.06. The summed E-state index contributed by atoms with van der Waals surface area (Å²) < 4.78 is 48.5. The number of hydrogen-bond acceptors (Lipinski definition) is 29. The van der Waals surface area contributed by atoms with Crippen molar-refractivity contribution in [1.29, 1.82) is 0 Å². The molecule has 8 rings (SSSR count). The smallest absolute Gasteiger partial charge is 0.319 e. The average molecular weight is 943 g/mol. The van der Waals surface area contributed by atoms with E-state index in [0.717, 1.165) is 0 Å². The minimum absolute atomic E-state index is 0.634. The van der Waals surface area contributed by atoms with Crippen LogP contribution in [0.4, 0.5) is 0 Å². The van der Waals surface area contributed by atoms with E-state index in [4.69, 9.17) is 42.6 Å². The van der Waals surface area contributed by atoms with E-state index in [2.05, 4.69) is 0 Å². The number of aliphatic hydroxyl groups is 20. The summed E-state index contributed by atoms with van der Waals surface area (Å²) >= 11 is 0. The number of rotatable bonds is 9. The number of ether oxygens (including phenoxy) is 9. The summed E-state index contributed by atoms with van der Waals surface area (Å²) in [7, 11) is 0. The number of hydrogen-bond donors (Lipinski definition) is 20. The average Bonchev–Trinajstić information content (AvgIpc) is 3.28. The zero-order valence-electron chi connectivity index (χ0n) is 33.5. The molecule has 9 unspecified atom stereocenters. The maximum Gasteiger partial charge on any atom is 0.319 e. The molecular weight excluding hydrogens is 884 g/mol. The normalized spacial score (nSPS) is 46.3. The lowest BCUT2D eigenvalue weighted by Crippen LogP contribution is -2.65. The fourth-order valence-corrected chi connectivity index (χ4v) is 6.96. The van der Waals surface area contributed by atoms with Gasteiger partial charge in [-0.3, -0.25) is 0 Å². The second-order valence-corrected chi connectivity index (χ2v) is 14.8. The third-order valence-corrected chi connectivity index (χ3v) is 10.5. The lowest BCUT2D eigenvalue weighted by atomic mass is 9.96. The molecule has 8 aliphatic heterocycles. The third-order valence-electron chi connectivity index (χ3n) is 10.5. The van der Waals surface area contributed by atoms with Gasteiger partial charge in [-0.25, -0.2) is 0 Å². The highest BCUT2D eigenvalue weighted by Gasteiger charge is 2.53. The molecule has 8 heterocycles. The topological polar surface area (TPSA) is 488 Å². The van der Waals surface area contributed by atoms with Gasteiger partial charge in [0.2, 0.25) is 18.3 Å². The van der Waals surface area contributed by atoms with Crippen molar-refractivity contribution in [3.8, 4) is 0 Å². The lowest BCUT2D eigenvalue weighted by Gasteiger charge is -2.46. The molecule has 29 nitrogen and oxygen atoms in total. The first-order chi connectivity index (χ1) is 30.3. The number of aliphatic hydroxyl groups excluding tert-OH is 20. The van der Waals surface area contributed by atoms with Crippen molar-refractivity contribution < 1.29 is 145 Å². The molecule has 0 amide bonds. The molecule has 64 heavy (non-hydrogen) atoms. The summed E-state index contributed by atoms with van der Waals surface area (Å²) in [6.45, 7) is -5.76. The zero-order valence-corrected chi connectivity index (χ0v) is 33.5. The maximum absolute atomic E-state index is 11.1. The van der Waals surface area contributed by atoms with Gasteiger partial charge in [-0.1, -0.05) is 0 Å². The van der Waals surface area contributed by atoms with E-state index in [9.17, 15) is 102 Å². The second kappa shape index (κ2) is 24.1. The van der Waals surface area contributed by atoms with E-state index in [1.807, 2.05) is 0 Å². The van der Waals surface area contributed by atoms with Gasteiger partial charge in [-0.2, -0.15) is 0 Å². The molecule has 0 aromatic heterocycles. The van der Waals surface area contributed by atoms with Crippen LogP contribution in [0.25, 0.3) is 0 Å². The van der Waals surface area contributed by atoms with Crippen molar-refractivity contribution in [2.45, 2.75) is 142 Å². The minimum Gasteiger partial charge on any atom is -0.506 e. The van der Waals surface area contributed by atoms with Crippen LogP contribution >= 0.6 is 0 Å². The molecule has 0 saturated carbocycles. The lowest BCUT2D eigenvalue weighted by molar-refractivity contribution is -0.364. The Labute approximate surface area is 361 Å². The van der Waals surface area contributed by atoms with Gasteiger partial charge in [0.25, 0.3) is 0 Å². The molecule has 3 fully saturated rings. The zero-order chi connectivity index (χ0) is 47.7. The highest BCUT2D eigenvalue weighted by atomic mass is 16.8.